The first-order valence-corrected chi connectivity index (χ1v) is 9.69. The third kappa shape index (κ3) is 3.54. The van der Waals surface area contributed by atoms with E-state index in [4.69, 9.17) is 4.74 Å². The molecule has 2 aromatic carbocycles. The van der Waals surface area contributed by atoms with Crippen molar-refractivity contribution in [1.82, 2.24) is 4.90 Å². The lowest BCUT2D eigenvalue weighted by Crippen LogP contribution is -2.50. The normalized spacial score (nSPS) is 19.8. The van der Waals surface area contributed by atoms with Gasteiger partial charge in [-0.05, 0) is 24.3 Å². The average molecular weight is 379 g/mol. The number of amides is 2. The molecule has 2 fully saturated rings. The Morgan fingerprint density at radius 1 is 0.964 bits per heavy atom. The molecule has 2 heterocycles. The number of hydrogen-bond donors (Lipinski definition) is 0. The summed E-state index contributed by atoms with van der Waals surface area (Å²) in [5.74, 6) is 0.422. The molecule has 4 rings (SSSR count). The number of nitrogens with zero attached hydrogens (tertiary/aromatic N) is 3. The first kappa shape index (κ1) is 18.3. The Bertz CT molecular complexity index is 847. The Balaban J connectivity index is 1.39. The number of para-hydroxylation sites is 3. The van der Waals surface area contributed by atoms with Crippen molar-refractivity contribution in [3.8, 4) is 5.75 Å². The van der Waals surface area contributed by atoms with Crippen LogP contribution in [0.3, 0.4) is 0 Å². The van der Waals surface area contributed by atoms with Crippen LogP contribution in [0.1, 0.15) is 6.42 Å². The zero-order valence-electron chi connectivity index (χ0n) is 16.1. The maximum Gasteiger partial charge on any atom is 0.228 e. The molecule has 146 valence electrons. The first-order valence-electron chi connectivity index (χ1n) is 9.69. The van der Waals surface area contributed by atoms with Gasteiger partial charge < -0.3 is 19.4 Å². The van der Waals surface area contributed by atoms with Crippen molar-refractivity contribution in [2.75, 3.05) is 49.6 Å². The molecular formula is C22H25N3O3. The summed E-state index contributed by atoms with van der Waals surface area (Å²) in [5, 5.41) is 0. The van der Waals surface area contributed by atoms with Gasteiger partial charge in [-0.2, -0.15) is 0 Å². The zero-order valence-corrected chi connectivity index (χ0v) is 16.1. The monoisotopic (exact) mass is 379 g/mol. The number of rotatable bonds is 4. The minimum absolute atomic E-state index is 0.0224. The van der Waals surface area contributed by atoms with E-state index in [2.05, 4.69) is 17.0 Å². The molecule has 0 unspecified atom stereocenters. The number of carbonyl (C=O) groups excluding carboxylic acids is 2. The van der Waals surface area contributed by atoms with E-state index in [0.717, 1.165) is 18.8 Å². The van der Waals surface area contributed by atoms with Gasteiger partial charge in [0.25, 0.3) is 0 Å². The standard InChI is InChI=1S/C22H25N3O3/c1-28-20-10-6-5-9-19(20)25-16-17(15-21(25)26)22(27)24-13-11-23(12-14-24)18-7-3-2-4-8-18/h2-10,17H,11-16H2,1H3/t17-/m1/s1. The molecule has 2 saturated heterocycles. The summed E-state index contributed by atoms with van der Waals surface area (Å²) >= 11 is 0. The second-order valence-corrected chi connectivity index (χ2v) is 7.23. The van der Waals surface area contributed by atoms with Gasteiger partial charge >= 0.3 is 0 Å². The van der Waals surface area contributed by atoms with E-state index in [1.165, 1.54) is 5.69 Å². The smallest absolute Gasteiger partial charge is 0.228 e. The third-order valence-corrected chi connectivity index (χ3v) is 5.56. The van der Waals surface area contributed by atoms with Crippen LogP contribution in [0, 0.1) is 5.92 Å². The highest BCUT2D eigenvalue weighted by Gasteiger charge is 2.38. The number of benzene rings is 2. The highest BCUT2D eigenvalue weighted by molar-refractivity contribution is 6.01. The predicted octanol–water partition coefficient (Wildman–Crippen LogP) is 2.40. The van der Waals surface area contributed by atoms with Crippen molar-refractivity contribution in [2.24, 2.45) is 5.92 Å². The first-order chi connectivity index (χ1) is 13.7. The van der Waals surface area contributed by atoms with Crippen LogP contribution in [0.15, 0.2) is 54.6 Å². The number of anilines is 2. The number of ether oxygens (including phenoxy) is 1. The molecule has 1 atom stereocenters. The molecule has 2 aliphatic rings. The second-order valence-electron chi connectivity index (χ2n) is 7.23. The minimum atomic E-state index is -0.291. The number of carbonyl (C=O) groups is 2. The molecule has 0 radical (unpaired) electrons. The zero-order chi connectivity index (χ0) is 19.5. The molecule has 28 heavy (non-hydrogen) atoms. The molecule has 0 spiro atoms. The quantitative estimate of drug-likeness (QED) is 0.819. The van der Waals surface area contributed by atoms with Crippen LogP contribution < -0.4 is 14.5 Å². The lowest BCUT2D eigenvalue weighted by atomic mass is 10.1. The fourth-order valence-electron chi connectivity index (χ4n) is 4.04. The summed E-state index contributed by atoms with van der Waals surface area (Å²) in [6.45, 7) is 3.41. The molecule has 0 N–H and O–H groups in total. The number of hydrogen-bond acceptors (Lipinski definition) is 4. The average Bonchev–Trinajstić information content (AvgIpc) is 3.15. The summed E-state index contributed by atoms with van der Waals surface area (Å²) in [6.07, 6.45) is 0.260. The molecule has 2 amide bonds. The molecule has 6 nitrogen and oxygen atoms in total. The Kier molecular flexibility index (Phi) is 5.19. The summed E-state index contributed by atoms with van der Waals surface area (Å²) < 4.78 is 5.38. The van der Waals surface area contributed by atoms with E-state index in [-0.39, 0.29) is 24.2 Å². The van der Waals surface area contributed by atoms with E-state index >= 15 is 0 Å². The highest BCUT2D eigenvalue weighted by Crippen LogP contribution is 2.33. The maximum atomic E-state index is 13.0. The Morgan fingerprint density at radius 3 is 2.36 bits per heavy atom. The molecule has 2 aliphatic heterocycles. The van der Waals surface area contributed by atoms with Gasteiger partial charge in [0, 0.05) is 44.8 Å². The maximum absolute atomic E-state index is 13.0. The van der Waals surface area contributed by atoms with Crippen molar-refractivity contribution in [3.05, 3.63) is 54.6 Å². The van der Waals surface area contributed by atoms with Crippen LogP contribution in [-0.4, -0.2) is 56.5 Å². The molecule has 0 saturated carbocycles. The van der Waals surface area contributed by atoms with Crippen molar-refractivity contribution in [1.29, 1.82) is 0 Å². The molecule has 0 aliphatic carbocycles. The van der Waals surface area contributed by atoms with Crippen molar-refractivity contribution >= 4 is 23.2 Å². The topological polar surface area (TPSA) is 53.1 Å². The summed E-state index contributed by atoms with van der Waals surface area (Å²) in [4.78, 5) is 31.5. The predicted molar refractivity (Wildman–Crippen MR) is 109 cm³/mol. The molecule has 6 heteroatoms. The highest BCUT2D eigenvalue weighted by atomic mass is 16.5. The lowest BCUT2D eigenvalue weighted by Gasteiger charge is -2.37. The Morgan fingerprint density at radius 2 is 1.64 bits per heavy atom. The lowest BCUT2D eigenvalue weighted by molar-refractivity contribution is -0.136. The van der Waals surface area contributed by atoms with Gasteiger partial charge in [-0.3, -0.25) is 9.59 Å². The van der Waals surface area contributed by atoms with Gasteiger partial charge in [0.1, 0.15) is 5.75 Å². The summed E-state index contributed by atoms with van der Waals surface area (Å²) in [6, 6.07) is 17.7. The largest absolute Gasteiger partial charge is 0.495 e. The number of methoxy groups -OCH3 is 1. The summed E-state index contributed by atoms with van der Waals surface area (Å²) in [5.41, 5.74) is 1.92. The van der Waals surface area contributed by atoms with Gasteiger partial charge in [0.05, 0.1) is 18.7 Å². The SMILES string of the molecule is COc1ccccc1N1C[C@H](C(=O)N2CCN(c3ccccc3)CC2)CC1=O. The van der Waals surface area contributed by atoms with Gasteiger partial charge in [0.2, 0.25) is 11.8 Å². The van der Waals surface area contributed by atoms with Gasteiger partial charge in [0.15, 0.2) is 0 Å². The van der Waals surface area contributed by atoms with Crippen LogP contribution in [0.2, 0.25) is 0 Å². The van der Waals surface area contributed by atoms with Crippen LogP contribution in [0.4, 0.5) is 11.4 Å². The molecule has 2 aromatic rings. The van der Waals surface area contributed by atoms with Crippen LogP contribution in [-0.2, 0) is 9.59 Å². The Labute approximate surface area is 165 Å². The molecular weight excluding hydrogens is 354 g/mol. The molecule has 0 bridgehead atoms. The summed E-state index contributed by atoms with van der Waals surface area (Å²) in [7, 11) is 1.59. The molecule has 0 aromatic heterocycles. The van der Waals surface area contributed by atoms with Crippen LogP contribution in [0.25, 0.3) is 0 Å². The minimum Gasteiger partial charge on any atom is -0.495 e. The van der Waals surface area contributed by atoms with Crippen molar-refractivity contribution in [2.45, 2.75) is 6.42 Å². The fraction of sp³-hybridized carbons (Fsp3) is 0.364. The van der Waals surface area contributed by atoms with E-state index < -0.39 is 0 Å². The van der Waals surface area contributed by atoms with E-state index in [9.17, 15) is 9.59 Å². The van der Waals surface area contributed by atoms with Crippen LogP contribution in [0.5, 0.6) is 5.75 Å². The third-order valence-electron chi connectivity index (χ3n) is 5.56. The van der Waals surface area contributed by atoms with E-state index in [0.29, 0.717) is 25.4 Å². The van der Waals surface area contributed by atoms with Crippen molar-refractivity contribution < 1.29 is 14.3 Å². The van der Waals surface area contributed by atoms with Gasteiger partial charge in [-0.25, -0.2) is 0 Å². The van der Waals surface area contributed by atoms with E-state index in [1.807, 2.05) is 47.4 Å². The van der Waals surface area contributed by atoms with Crippen molar-refractivity contribution in [3.63, 3.8) is 0 Å². The van der Waals surface area contributed by atoms with Gasteiger partial charge in [-0.15, -0.1) is 0 Å². The second kappa shape index (κ2) is 7.92. The van der Waals surface area contributed by atoms with Crippen LogP contribution >= 0.6 is 0 Å². The van der Waals surface area contributed by atoms with Gasteiger partial charge in [-0.1, -0.05) is 30.3 Å². The Hall–Kier alpha value is -3.02. The number of piperazine rings is 1. The van der Waals surface area contributed by atoms with E-state index in [1.54, 1.807) is 12.0 Å². The fourth-order valence-corrected chi connectivity index (χ4v) is 4.04.